The summed E-state index contributed by atoms with van der Waals surface area (Å²) in [4.78, 5) is 0. The van der Waals surface area contributed by atoms with Crippen LogP contribution in [0.3, 0.4) is 0 Å². The van der Waals surface area contributed by atoms with Gasteiger partial charge in [0.05, 0.1) is 0 Å². The Labute approximate surface area is 206 Å². The number of phenolic OH excluding ortho intramolecular Hbond substituents is 4. The van der Waals surface area contributed by atoms with E-state index in [-0.39, 0.29) is 34.8 Å². The average molecular weight is 469 g/mol. The van der Waals surface area contributed by atoms with Crippen molar-refractivity contribution in [1.82, 2.24) is 0 Å². The van der Waals surface area contributed by atoms with Crippen LogP contribution in [0.5, 0.6) is 23.0 Å². The van der Waals surface area contributed by atoms with Crippen LogP contribution in [-0.2, 0) is 0 Å². The van der Waals surface area contributed by atoms with Gasteiger partial charge in [-0.1, -0.05) is 67.8 Å². The first-order chi connectivity index (χ1) is 17.0. The Balaban J connectivity index is 1.41. The summed E-state index contributed by atoms with van der Waals surface area (Å²) in [5, 5.41) is 38.8. The van der Waals surface area contributed by atoms with Gasteiger partial charge < -0.3 is 20.4 Å². The number of hydrogen-bond acceptors (Lipinski definition) is 4. The first-order valence-electron chi connectivity index (χ1n) is 12.2. The van der Waals surface area contributed by atoms with Gasteiger partial charge in [0.2, 0.25) is 0 Å². The lowest BCUT2D eigenvalue weighted by Gasteiger charge is -2.20. The van der Waals surface area contributed by atoms with Gasteiger partial charge in [-0.05, 0) is 83.6 Å². The smallest absolute Gasteiger partial charge is 0.115 e. The van der Waals surface area contributed by atoms with Crippen molar-refractivity contribution in [2.24, 2.45) is 0 Å². The van der Waals surface area contributed by atoms with E-state index in [4.69, 9.17) is 0 Å². The maximum atomic E-state index is 9.70. The Hall–Kier alpha value is -3.92. The molecule has 0 heterocycles. The van der Waals surface area contributed by atoms with Crippen LogP contribution in [0.15, 0.2) is 97.1 Å². The molecule has 4 heteroatoms. The van der Waals surface area contributed by atoms with Crippen LogP contribution in [0, 0.1) is 0 Å². The number of hydrogen-bond donors (Lipinski definition) is 4. The zero-order valence-corrected chi connectivity index (χ0v) is 19.7. The van der Waals surface area contributed by atoms with E-state index in [1.165, 1.54) is 0 Å². The molecule has 35 heavy (non-hydrogen) atoms. The van der Waals surface area contributed by atoms with E-state index >= 15 is 0 Å². The zero-order chi connectivity index (χ0) is 24.6. The number of benzene rings is 4. The van der Waals surface area contributed by atoms with Crippen molar-refractivity contribution < 1.29 is 20.4 Å². The summed E-state index contributed by atoms with van der Waals surface area (Å²) in [6.45, 7) is 0. The van der Waals surface area contributed by atoms with Crippen LogP contribution in [0.2, 0.25) is 0 Å². The van der Waals surface area contributed by atoms with Gasteiger partial charge in [0, 0.05) is 11.8 Å². The van der Waals surface area contributed by atoms with E-state index in [0.29, 0.717) is 0 Å². The monoisotopic (exact) mass is 468 g/mol. The highest BCUT2D eigenvalue weighted by atomic mass is 16.3. The van der Waals surface area contributed by atoms with Crippen molar-refractivity contribution in [2.45, 2.75) is 43.9 Å². The third-order valence-electron chi connectivity index (χ3n) is 6.67. The number of unbranched alkanes of at least 4 members (excludes halogenated alkanes) is 2. The molecule has 0 unspecified atom stereocenters. The van der Waals surface area contributed by atoms with Crippen LogP contribution >= 0.6 is 0 Å². The third-order valence-corrected chi connectivity index (χ3v) is 6.67. The van der Waals surface area contributed by atoms with E-state index in [0.717, 1.165) is 54.4 Å². The highest BCUT2D eigenvalue weighted by Gasteiger charge is 2.17. The fraction of sp³-hybridized carbons (Fsp3) is 0.226. The molecule has 0 aliphatic carbocycles. The maximum absolute atomic E-state index is 9.70. The Morgan fingerprint density at radius 1 is 0.343 bits per heavy atom. The SMILES string of the molecule is Oc1ccc(C(CCCCCC(c2ccc(O)cc2)c2ccc(O)cc2)c2ccc(O)cc2)cc1. The van der Waals surface area contributed by atoms with Gasteiger partial charge in [-0.15, -0.1) is 0 Å². The van der Waals surface area contributed by atoms with Crippen molar-refractivity contribution in [1.29, 1.82) is 0 Å². The van der Waals surface area contributed by atoms with Gasteiger partial charge in [-0.2, -0.15) is 0 Å². The summed E-state index contributed by atoms with van der Waals surface area (Å²) in [5.41, 5.74) is 4.61. The predicted molar refractivity (Wildman–Crippen MR) is 139 cm³/mol. The van der Waals surface area contributed by atoms with Gasteiger partial charge in [-0.3, -0.25) is 0 Å². The molecule has 0 fully saturated rings. The molecule has 0 bridgehead atoms. The zero-order valence-electron chi connectivity index (χ0n) is 19.7. The molecule has 0 aromatic heterocycles. The quantitative estimate of drug-likeness (QED) is 0.183. The van der Waals surface area contributed by atoms with E-state index in [1.807, 2.05) is 48.5 Å². The minimum atomic E-state index is 0.196. The Kier molecular flexibility index (Phi) is 7.94. The lowest BCUT2D eigenvalue weighted by Crippen LogP contribution is -2.03. The largest absolute Gasteiger partial charge is 0.508 e. The molecule has 0 saturated heterocycles. The molecule has 0 aliphatic rings. The summed E-state index contributed by atoms with van der Waals surface area (Å²) in [7, 11) is 0. The maximum Gasteiger partial charge on any atom is 0.115 e. The molecule has 4 aromatic carbocycles. The molecule has 0 spiro atoms. The van der Waals surface area contributed by atoms with Gasteiger partial charge in [-0.25, -0.2) is 0 Å². The normalized spacial score (nSPS) is 11.3. The molecule has 0 aliphatic heterocycles. The molecule has 0 amide bonds. The highest BCUT2D eigenvalue weighted by molar-refractivity contribution is 5.39. The molecule has 180 valence electrons. The van der Waals surface area contributed by atoms with E-state index in [1.54, 1.807) is 48.5 Å². The van der Waals surface area contributed by atoms with Crippen molar-refractivity contribution >= 4 is 0 Å². The molecular weight excluding hydrogens is 436 g/mol. The van der Waals surface area contributed by atoms with E-state index in [9.17, 15) is 20.4 Å². The first kappa shape index (κ1) is 24.2. The third kappa shape index (κ3) is 6.57. The van der Waals surface area contributed by atoms with E-state index < -0.39 is 0 Å². The van der Waals surface area contributed by atoms with Crippen LogP contribution in [0.25, 0.3) is 0 Å². The van der Waals surface area contributed by atoms with Crippen LogP contribution in [-0.4, -0.2) is 20.4 Å². The minimum absolute atomic E-state index is 0.196. The Morgan fingerprint density at radius 3 is 0.800 bits per heavy atom. The molecule has 4 aromatic rings. The fourth-order valence-corrected chi connectivity index (χ4v) is 4.75. The van der Waals surface area contributed by atoms with Gasteiger partial charge >= 0.3 is 0 Å². The molecular formula is C31H32O4. The Morgan fingerprint density at radius 2 is 0.571 bits per heavy atom. The van der Waals surface area contributed by atoms with Gasteiger partial charge in [0.1, 0.15) is 23.0 Å². The van der Waals surface area contributed by atoms with Crippen molar-refractivity contribution in [3.63, 3.8) is 0 Å². The summed E-state index contributed by atoms with van der Waals surface area (Å²) in [6.07, 6.45) is 5.10. The topological polar surface area (TPSA) is 80.9 Å². The van der Waals surface area contributed by atoms with Crippen LogP contribution in [0.4, 0.5) is 0 Å². The number of rotatable bonds is 10. The molecule has 4 rings (SSSR count). The lowest BCUT2D eigenvalue weighted by molar-refractivity contribution is 0.474. The first-order valence-corrected chi connectivity index (χ1v) is 12.2. The van der Waals surface area contributed by atoms with Gasteiger partial charge in [0.15, 0.2) is 0 Å². The average Bonchev–Trinajstić information content (AvgIpc) is 2.87. The van der Waals surface area contributed by atoms with Crippen LogP contribution in [0.1, 0.15) is 66.2 Å². The van der Waals surface area contributed by atoms with Gasteiger partial charge in [0.25, 0.3) is 0 Å². The molecule has 4 nitrogen and oxygen atoms in total. The molecule has 4 N–H and O–H groups in total. The van der Waals surface area contributed by atoms with Crippen molar-refractivity contribution in [3.05, 3.63) is 119 Å². The Bertz CT molecular complexity index is 993. The standard InChI is InChI=1S/C31H32O4/c32-26-14-6-22(7-15-26)30(23-8-16-27(33)17-9-23)4-2-1-3-5-31(24-10-18-28(34)19-11-24)25-12-20-29(35)21-13-25/h6-21,30-35H,1-5H2. The minimum Gasteiger partial charge on any atom is -0.508 e. The summed E-state index contributed by atoms with van der Waals surface area (Å²) < 4.78 is 0. The van der Waals surface area contributed by atoms with Crippen molar-refractivity contribution in [3.8, 4) is 23.0 Å². The van der Waals surface area contributed by atoms with E-state index in [2.05, 4.69) is 0 Å². The number of aromatic hydroxyl groups is 4. The van der Waals surface area contributed by atoms with Crippen LogP contribution < -0.4 is 0 Å². The van der Waals surface area contributed by atoms with Crippen molar-refractivity contribution in [2.75, 3.05) is 0 Å². The fourth-order valence-electron chi connectivity index (χ4n) is 4.75. The molecule has 0 atom stereocenters. The second-order valence-corrected chi connectivity index (χ2v) is 9.11. The molecule has 0 radical (unpaired) electrons. The highest BCUT2D eigenvalue weighted by Crippen LogP contribution is 2.34. The second kappa shape index (κ2) is 11.5. The summed E-state index contributed by atoms with van der Waals surface area (Å²) in [5.74, 6) is 1.42. The second-order valence-electron chi connectivity index (χ2n) is 9.11. The summed E-state index contributed by atoms with van der Waals surface area (Å²) in [6, 6.07) is 29.6. The molecule has 0 saturated carbocycles. The number of phenols is 4. The lowest BCUT2D eigenvalue weighted by atomic mass is 9.84. The summed E-state index contributed by atoms with van der Waals surface area (Å²) >= 11 is 0. The predicted octanol–water partition coefficient (Wildman–Crippen LogP) is 7.42.